The molecular weight excluding hydrogens is 252 g/mol. The summed E-state index contributed by atoms with van der Waals surface area (Å²) in [4.78, 5) is 24.9. The van der Waals surface area contributed by atoms with E-state index < -0.39 is 12.0 Å². The van der Waals surface area contributed by atoms with Crippen LogP contribution >= 0.6 is 11.8 Å². The third-order valence-electron chi connectivity index (χ3n) is 3.32. The summed E-state index contributed by atoms with van der Waals surface area (Å²) in [5, 5.41) is 11.7. The molecule has 0 aromatic heterocycles. The van der Waals surface area contributed by atoms with Crippen LogP contribution in [0.2, 0.25) is 0 Å². The first-order chi connectivity index (χ1) is 8.60. The quantitative estimate of drug-likeness (QED) is 0.774. The van der Waals surface area contributed by atoms with Crippen LogP contribution in [0.25, 0.3) is 0 Å². The maximum Gasteiger partial charge on any atom is 0.326 e. The lowest BCUT2D eigenvalue weighted by molar-refractivity contribution is -0.139. The second kappa shape index (κ2) is 7.51. The molecule has 2 N–H and O–H groups in total. The molecule has 1 fully saturated rings. The molecule has 0 aromatic rings. The summed E-state index contributed by atoms with van der Waals surface area (Å²) in [5.41, 5.74) is 0. The van der Waals surface area contributed by atoms with Crippen LogP contribution in [-0.4, -0.2) is 52.6 Å². The SMILES string of the molecule is CCC1CCCN1C(=O)N[C@H](CCSC)C(=O)O. The van der Waals surface area contributed by atoms with E-state index in [9.17, 15) is 9.59 Å². The van der Waals surface area contributed by atoms with Gasteiger partial charge < -0.3 is 15.3 Å². The number of rotatable bonds is 6. The number of aliphatic carboxylic acids is 1. The highest BCUT2D eigenvalue weighted by Crippen LogP contribution is 2.19. The molecule has 0 aromatic carbocycles. The number of nitrogens with one attached hydrogen (secondary N) is 1. The number of likely N-dealkylation sites (tertiary alicyclic amines) is 1. The molecule has 104 valence electrons. The van der Waals surface area contributed by atoms with E-state index in [0.29, 0.717) is 6.42 Å². The van der Waals surface area contributed by atoms with Crippen molar-refractivity contribution in [1.82, 2.24) is 10.2 Å². The minimum absolute atomic E-state index is 0.229. The number of hydrogen-bond acceptors (Lipinski definition) is 3. The number of carboxylic acid groups (broad SMARTS) is 1. The van der Waals surface area contributed by atoms with Crippen molar-refractivity contribution in [2.45, 2.75) is 44.7 Å². The number of carbonyl (C=O) groups excluding carboxylic acids is 1. The summed E-state index contributed by atoms with van der Waals surface area (Å²) in [6.07, 6.45) is 5.35. The van der Waals surface area contributed by atoms with Gasteiger partial charge in [-0.25, -0.2) is 9.59 Å². The molecule has 0 radical (unpaired) electrons. The second-order valence-corrected chi connectivity index (χ2v) is 5.51. The minimum atomic E-state index is -0.954. The van der Waals surface area contributed by atoms with Crippen molar-refractivity contribution in [3.8, 4) is 0 Å². The van der Waals surface area contributed by atoms with Gasteiger partial charge in [-0.3, -0.25) is 0 Å². The van der Waals surface area contributed by atoms with Gasteiger partial charge in [0.25, 0.3) is 0 Å². The van der Waals surface area contributed by atoms with Crippen molar-refractivity contribution in [2.75, 3.05) is 18.6 Å². The largest absolute Gasteiger partial charge is 0.480 e. The first kappa shape index (κ1) is 15.1. The lowest BCUT2D eigenvalue weighted by Crippen LogP contribution is -2.49. The molecule has 1 rings (SSSR count). The summed E-state index contributed by atoms with van der Waals surface area (Å²) >= 11 is 1.58. The number of carbonyl (C=O) groups is 2. The van der Waals surface area contributed by atoms with Crippen molar-refractivity contribution in [2.24, 2.45) is 0 Å². The Morgan fingerprint density at radius 1 is 1.56 bits per heavy atom. The van der Waals surface area contributed by atoms with Gasteiger partial charge in [0, 0.05) is 12.6 Å². The van der Waals surface area contributed by atoms with Gasteiger partial charge in [-0.05, 0) is 37.7 Å². The third-order valence-corrected chi connectivity index (χ3v) is 3.96. The van der Waals surface area contributed by atoms with E-state index in [1.54, 1.807) is 16.7 Å². The molecule has 5 nitrogen and oxygen atoms in total. The Morgan fingerprint density at radius 2 is 2.28 bits per heavy atom. The lowest BCUT2D eigenvalue weighted by Gasteiger charge is -2.26. The second-order valence-electron chi connectivity index (χ2n) is 4.52. The molecule has 0 aliphatic carbocycles. The van der Waals surface area contributed by atoms with Gasteiger partial charge >= 0.3 is 12.0 Å². The predicted molar refractivity (Wildman–Crippen MR) is 73.0 cm³/mol. The van der Waals surface area contributed by atoms with Gasteiger partial charge in [0.05, 0.1) is 0 Å². The molecule has 0 bridgehead atoms. The number of thioether (sulfide) groups is 1. The highest BCUT2D eigenvalue weighted by atomic mass is 32.2. The summed E-state index contributed by atoms with van der Waals surface area (Å²) in [5.74, 6) is -0.223. The summed E-state index contributed by atoms with van der Waals surface area (Å²) < 4.78 is 0. The van der Waals surface area contributed by atoms with Gasteiger partial charge in [-0.1, -0.05) is 6.92 Å². The highest BCUT2D eigenvalue weighted by molar-refractivity contribution is 7.98. The van der Waals surface area contributed by atoms with Crippen LogP contribution in [0.15, 0.2) is 0 Å². The average molecular weight is 274 g/mol. The zero-order valence-electron chi connectivity index (χ0n) is 11.0. The molecule has 1 aliphatic heterocycles. The topological polar surface area (TPSA) is 69.6 Å². The number of amides is 2. The smallest absolute Gasteiger partial charge is 0.326 e. The van der Waals surface area contributed by atoms with Crippen molar-refractivity contribution < 1.29 is 14.7 Å². The van der Waals surface area contributed by atoms with Gasteiger partial charge in [0.15, 0.2) is 0 Å². The normalized spacial score (nSPS) is 20.8. The minimum Gasteiger partial charge on any atom is -0.480 e. The molecule has 1 saturated heterocycles. The highest BCUT2D eigenvalue weighted by Gasteiger charge is 2.29. The van der Waals surface area contributed by atoms with Crippen LogP contribution in [0.4, 0.5) is 4.79 Å². The first-order valence-corrected chi connectivity index (χ1v) is 7.78. The van der Waals surface area contributed by atoms with E-state index in [-0.39, 0.29) is 12.1 Å². The molecule has 6 heteroatoms. The Labute approximate surface area is 112 Å². The molecular formula is C12H22N2O3S. The van der Waals surface area contributed by atoms with Gasteiger partial charge in [0.1, 0.15) is 6.04 Å². The van der Waals surface area contributed by atoms with Crippen LogP contribution < -0.4 is 5.32 Å². The van der Waals surface area contributed by atoms with Crippen LogP contribution in [0.1, 0.15) is 32.6 Å². The number of carboxylic acids is 1. The summed E-state index contributed by atoms with van der Waals surface area (Å²) in [6.45, 7) is 2.79. The predicted octanol–water partition coefficient (Wildman–Crippen LogP) is 1.78. The molecule has 0 spiro atoms. The van der Waals surface area contributed by atoms with Crippen LogP contribution in [-0.2, 0) is 4.79 Å². The van der Waals surface area contributed by atoms with Crippen molar-refractivity contribution >= 4 is 23.8 Å². The molecule has 1 aliphatic rings. The standard InChI is InChI=1S/C12H22N2O3S/c1-3-9-5-4-7-14(9)12(17)13-10(11(15)16)6-8-18-2/h9-10H,3-8H2,1-2H3,(H,13,17)(H,15,16)/t9?,10-/m1/s1. The molecule has 2 atom stereocenters. The zero-order valence-corrected chi connectivity index (χ0v) is 11.8. The Hall–Kier alpha value is -0.910. The van der Waals surface area contributed by atoms with E-state index >= 15 is 0 Å². The van der Waals surface area contributed by atoms with E-state index in [1.165, 1.54) is 0 Å². The van der Waals surface area contributed by atoms with Crippen LogP contribution in [0.3, 0.4) is 0 Å². The molecule has 0 saturated carbocycles. The van der Waals surface area contributed by atoms with Crippen LogP contribution in [0, 0.1) is 0 Å². The Morgan fingerprint density at radius 3 is 2.83 bits per heavy atom. The summed E-state index contributed by atoms with van der Waals surface area (Å²) in [6, 6.07) is -0.740. The maximum atomic E-state index is 12.0. The fourth-order valence-corrected chi connectivity index (χ4v) is 2.72. The first-order valence-electron chi connectivity index (χ1n) is 6.39. The molecule has 18 heavy (non-hydrogen) atoms. The van der Waals surface area contributed by atoms with Crippen LogP contribution in [0.5, 0.6) is 0 Å². The van der Waals surface area contributed by atoms with Gasteiger partial charge in [-0.15, -0.1) is 0 Å². The number of urea groups is 1. The Balaban J connectivity index is 2.52. The van der Waals surface area contributed by atoms with Crippen molar-refractivity contribution in [1.29, 1.82) is 0 Å². The number of nitrogens with zero attached hydrogens (tertiary/aromatic N) is 1. The van der Waals surface area contributed by atoms with Crippen molar-refractivity contribution in [3.63, 3.8) is 0 Å². The maximum absolute atomic E-state index is 12.0. The van der Waals surface area contributed by atoms with E-state index in [4.69, 9.17) is 5.11 Å². The van der Waals surface area contributed by atoms with E-state index in [0.717, 1.165) is 31.6 Å². The molecule has 2 amide bonds. The fourth-order valence-electron chi connectivity index (χ4n) is 2.25. The fraction of sp³-hybridized carbons (Fsp3) is 0.833. The zero-order chi connectivity index (χ0) is 13.5. The Kier molecular flexibility index (Phi) is 6.32. The number of hydrogen-bond donors (Lipinski definition) is 2. The third kappa shape index (κ3) is 4.08. The Bertz CT molecular complexity index is 299. The van der Waals surface area contributed by atoms with Gasteiger partial charge in [0.2, 0.25) is 0 Å². The molecule has 1 unspecified atom stereocenters. The molecule has 1 heterocycles. The van der Waals surface area contributed by atoms with E-state index in [2.05, 4.69) is 12.2 Å². The van der Waals surface area contributed by atoms with Crippen molar-refractivity contribution in [3.05, 3.63) is 0 Å². The monoisotopic (exact) mass is 274 g/mol. The van der Waals surface area contributed by atoms with Gasteiger partial charge in [-0.2, -0.15) is 11.8 Å². The average Bonchev–Trinajstić information content (AvgIpc) is 2.82. The lowest BCUT2D eigenvalue weighted by atomic mass is 10.2. The van der Waals surface area contributed by atoms with E-state index in [1.807, 2.05) is 6.26 Å². The summed E-state index contributed by atoms with van der Waals surface area (Å²) in [7, 11) is 0.